The number of halogens is 2. The molecular formula is C25H26F2N2O3. The predicted molar refractivity (Wildman–Crippen MR) is 118 cm³/mol. The number of ether oxygens (including phenoxy) is 1. The van der Waals surface area contributed by atoms with Crippen molar-refractivity contribution in [2.45, 2.75) is 27.2 Å². The Hall–Kier alpha value is -3.22. The molecule has 2 heterocycles. The molecule has 2 aromatic rings. The van der Waals surface area contributed by atoms with Gasteiger partial charge in [0.1, 0.15) is 23.1 Å². The second-order valence-corrected chi connectivity index (χ2v) is 8.57. The lowest BCUT2D eigenvalue weighted by molar-refractivity contribution is -0.121. The SMILES string of the molecule is CCOc1ccc(C2=C(N3CC(C)CC(C)C3)C(=O)N(c3ccc(F)cc3F)C2=O)cc1. The van der Waals surface area contributed by atoms with Gasteiger partial charge in [-0.1, -0.05) is 26.0 Å². The van der Waals surface area contributed by atoms with Crippen molar-refractivity contribution < 1.29 is 23.1 Å². The molecule has 0 radical (unpaired) electrons. The molecule has 2 aromatic carbocycles. The molecule has 0 spiro atoms. The van der Waals surface area contributed by atoms with E-state index in [9.17, 15) is 18.4 Å². The Balaban J connectivity index is 1.82. The van der Waals surface area contributed by atoms with Gasteiger partial charge in [-0.2, -0.15) is 0 Å². The van der Waals surface area contributed by atoms with Gasteiger partial charge in [-0.3, -0.25) is 9.59 Å². The Labute approximate surface area is 186 Å². The third-order valence-electron chi connectivity index (χ3n) is 5.85. The van der Waals surface area contributed by atoms with E-state index in [1.54, 1.807) is 24.3 Å². The Kier molecular flexibility index (Phi) is 6.00. The average Bonchev–Trinajstić information content (AvgIpc) is 2.99. The number of anilines is 1. The van der Waals surface area contributed by atoms with Crippen LogP contribution in [0.1, 0.15) is 32.8 Å². The number of imide groups is 1. The van der Waals surface area contributed by atoms with Gasteiger partial charge < -0.3 is 9.64 Å². The number of carbonyl (C=O) groups excluding carboxylic acids is 2. The molecule has 7 heteroatoms. The number of rotatable bonds is 5. The number of carbonyl (C=O) groups is 2. The van der Waals surface area contributed by atoms with Gasteiger partial charge in [-0.25, -0.2) is 13.7 Å². The summed E-state index contributed by atoms with van der Waals surface area (Å²) in [5.74, 6) is -1.61. The second-order valence-electron chi connectivity index (χ2n) is 8.57. The summed E-state index contributed by atoms with van der Waals surface area (Å²) in [6.45, 7) is 7.85. The van der Waals surface area contributed by atoms with Gasteiger partial charge in [0.2, 0.25) is 0 Å². The van der Waals surface area contributed by atoms with Gasteiger partial charge in [-0.15, -0.1) is 0 Å². The molecule has 2 unspecified atom stereocenters. The molecule has 0 saturated carbocycles. The maximum atomic E-state index is 14.6. The molecule has 0 bridgehead atoms. The van der Waals surface area contributed by atoms with Crippen molar-refractivity contribution in [3.05, 3.63) is 65.4 Å². The van der Waals surface area contributed by atoms with Crippen molar-refractivity contribution >= 4 is 23.1 Å². The molecule has 2 amide bonds. The second kappa shape index (κ2) is 8.73. The van der Waals surface area contributed by atoms with Gasteiger partial charge >= 0.3 is 0 Å². The Morgan fingerprint density at radius 2 is 1.62 bits per heavy atom. The number of piperidine rings is 1. The molecule has 4 rings (SSSR count). The topological polar surface area (TPSA) is 49.9 Å². The van der Waals surface area contributed by atoms with Crippen LogP contribution in [0.3, 0.4) is 0 Å². The van der Waals surface area contributed by atoms with Crippen LogP contribution in [0.25, 0.3) is 5.57 Å². The lowest BCUT2D eigenvalue weighted by Gasteiger charge is -2.37. The monoisotopic (exact) mass is 440 g/mol. The lowest BCUT2D eigenvalue weighted by Crippen LogP contribution is -2.42. The van der Waals surface area contributed by atoms with E-state index in [0.29, 0.717) is 48.9 Å². The fourth-order valence-corrected chi connectivity index (χ4v) is 4.68. The van der Waals surface area contributed by atoms with Crippen LogP contribution < -0.4 is 9.64 Å². The van der Waals surface area contributed by atoms with E-state index < -0.39 is 23.4 Å². The highest BCUT2D eigenvalue weighted by atomic mass is 19.1. The molecule has 32 heavy (non-hydrogen) atoms. The summed E-state index contributed by atoms with van der Waals surface area (Å²) in [6.07, 6.45) is 1.03. The maximum absolute atomic E-state index is 14.6. The summed E-state index contributed by atoms with van der Waals surface area (Å²) in [5, 5.41) is 0. The van der Waals surface area contributed by atoms with E-state index in [-0.39, 0.29) is 17.0 Å². The summed E-state index contributed by atoms with van der Waals surface area (Å²) >= 11 is 0. The molecule has 2 atom stereocenters. The molecule has 0 aromatic heterocycles. The van der Waals surface area contributed by atoms with Crippen LogP contribution in [0, 0.1) is 23.5 Å². The van der Waals surface area contributed by atoms with E-state index >= 15 is 0 Å². The fourth-order valence-electron chi connectivity index (χ4n) is 4.68. The van der Waals surface area contributed by atoms with Gasteiger partial charge in [-0.05, 0) is 55.0 Å². The molecule has 0 N–H and O–H groups in total. The summed E-state index contributed by atoms with van der Waals surface area (Å²) in [7, 11) is 0. The van der Waals surface area contributed by atoms with E-state index in [0.717, 1.165) is 23.5 Å². The predicted octanol–water partition coefficient (Wildman–Crippen LogP) is 4.63. The van der Waals surface area contributed by atoms with Gasteiger partial charge in [0, 0.05) is 19.2 Å². The highest BCUT2D eigenvalue weighted by Gasteiger charge is 2.44. The minimum Gasteiger partial charge on any atom is -0.494 e. The van der Waals surface area contributed by atoms with Crippen molar-refractivity contribution in [3.8, 4) is 5.75 Å². The number of amides is 2. The number of hydrogen-bond acceptors (Lipinski definition) is 4. The Morgan fingerprint density at radius 3 is 2.22 bits per heavy atom. The van der Waals surface area contributed by atoms with Crippen molar-refractivity contribution in [2.24, 2.45) is 11.8 Å². The largest absolute Gasteiger partial charge is 0.494 e. The molecule has 0 aliphatic carbocycles. The van der Waals surface area contributed by atoms with Crippen LogP contribution >= 0.6 is 0 Å². The Morgan fingerprint density at radius 1 is 0.969 bits per heavy atom. The van der Waals surface area contributed by atoms with E-state index in [2.05, 4.69) is 13.8 Å². The number of hydrogen-bond donors (Lipinski definition) is 0. The molecule has 5 nitrogen and oxygen atoms in total. The van der Waals surface area contributed by atoms with Gasteiger partial charge in [0.05, 0.1) is 17.9 Å². The number of benzene rings is 2. The zero-order chi connectivity index (χ0) is 23.0. The number of nitrogens with zero attached hydrogens (tertiary/aromatic N) is 2. The first-order chi connectivity index (χ1) is 15.3. The lowest BCUT2D eigenvalue weighted by atomic mass is 9.91. The molecule has 1 saturated heterocycles. The molecule has 2 aliphatic heterocycles. The zero-order valence-corrected chi connectivity index (χ0v) is 18.4. The molecule has 1 fully saturated rings. The van der Waals surface area contributed by atoms with Gasteiger partial charge in [0.15, 0.2) is 0 Å². The molecule has 168 valence electrons. The third-order valence-corrected chi connectivity index (χ3v) is 5.85. The normalized spacial score (nSPS) is 21.5. The minimum absolute atomic E-state index is 0.225. The van der Waals surface area contributed by atoms with Crippen molar-refractivity contribution in [3.63, 3.8) is 0 Å². The average molecular weight is 440 g/mol. The fraction of sp³-hybridized carbons (Fsp3) is 0.360. The summed E-state index contributed by atoms with van der Waals surface area (Å²) in [6, 6.07) is 9.78. The summed E-state index contributed by atoms with van der Waals surface area (Å²) < 4.78 is 33.5. The minimum atomic E-state index is -0.959. The molecule has 2 aliphatic rings. The van der Waals surface area contributed by atoms with Crippen LogP contribution in [0.15, 0.2) is 48.2 Å². The first-order valence-corrected chi connectivity index (χ1v) is 10.9. The van der Waals surface area contributed by atoms with Crippen LogP contribution in [-0.2, 0) is 9.59 Å². The summed E-state index contributed by atoms with van der Waals surface area (Å²) in [4.78, 5) is 29.8. The first kappa shape index (κ1) is 22.0. The van der Waals surface area contributed by atoms with E-state index in [1.165, 1.54) is 0 Å². The number of likely N-dealkylation sites (tertiary alicyclic amines) is 1. The van der Waals surface area contributed by atoms with Crippen LogP contribution in [0.2, 0.25) is 0 Å². The smallest absolute Gasteiger partial charge is 0.282 e. The maximum Gasteiger partial charge on any atom is 0.282 e. The van der Waals surface area contributed by atoms with E-state index in [1.807, 2.05) is 11.8 Å². The standard InChI is InChI=1S/C25H26F2N2O3/c1-4-32-19-8-5-17(6-9-19)22-23(28-13-15(2)11-16(3)14-28)25(31)29(24(22)30)21-10-7-18(26)12-20(21)27/h5-10,12,15-16H,4,11,13-14H2,1-3H3. The molecular weight excluding hydrogens is 414 g/mol. The van der Waals surface area contributed by atoms with E-state index in [4.69, 9.17) is 4.74 Å². The quantitative estimate of drug-likeness (QED) is 0.637. The van der Waals surface area contributed by atoms with Crippen molar-refractivity contribution in [1.29, 1.82) is 0 Å². The highest BCUT2D eigenvalue weighted by molar-refractivity contribution is 6.45. The van der Waals surface area contributed by atoms with Crippen molar-refractivity contribution in [1.82, 2.24) is 4.90 Å². The van der Waals surface area contributed by atoms with Crippen LogP contribution in [-0.4, -0.2) is 36.4 Å². The highest BCUT2D eigenvalue weighted by Crippen LogP contribution is 2.38. The van der Waals surface area contributed by atoms with Crippen molar-refractivity contribution in [2.75, 3.05) is 24.6 Å². The van der Waals surface area contributed by atoms with Crippen LogP contribution in [0.4, 0.5) is 14.5 Å². The third kappa shape index (κ3) is 3.99. The first-order valence-electron chi connectivity index (χ1n) is 10.9. The Bertz CT molecular complexity index is 1070. The zero-order valence-electron chi connectivity index (χ0n) is 18.4. The summed E-state index contributed by atoms with van der Waals surface area (Å²) in [5.41, 5.74) is 0.792. The van der Waals surface area contributed by atoms with Crippen LogP contribution in [0.5, 0.6) is 5.75 Å². The van der Waals surface area contributed by atoms with Gasteiger partial charge in [0.25, 0.3) is 11.8 Å².